The number of aromatic amines is 1. The summed E-state index contributed by atoms with van der Waals surface area (Å²) >= 11 is 3.42. The fourth-order valence-corrected chi connectivity index (χ4v) is 3.11. The third kappa shape index (κ3) is 3.61. The van der Waals surface area contributed by atoms with E-state index < -0.39 is 11.9 Å². The molecule has 1 heterocycles. The molecule has 0 bridgehead atoms. The number of H-pyrrole nitrogens is 1. The number of aliphatic carboxylic acids is 1. The molecule has 0 radical (unpaired) electrons. The number of benzene rings is 1. The summed E-state index contributed by atoms with van der Waals surface area (Å²) in [5, 5.41) is 16.1. The summed E-state index contributed by atoms with van der Waals surface area (Å²) in [6.45, 7) is -0.143. The number of nitrogens with zero attached hydrogens (tertiary/aromatic N) is 2. The van der Waals surface area contributed by atoms with Crippen LogP contribution in [0.1, 0.15) is 40.5 Å². The van der Waals surface area contributed by atoms with E-state index in [4.69, 9.17) is 5.11 Å². The molecule has 2 N–H and O–H groups in total. The van der Waals surface area contributed by atoms with Crippen molar-refractivity contribution in [3.63, 3.8) is 0 Å². The molecular weight excluding hydrogens is 362 g/mol. The second-order valence-corrected chi connectivity index (χ2v) is 6.41. The second kappa shape index (κ2) is 6.54. The van der Waals surface area contributed by atoms with Crippen LogP contribution in [0.15, 0.2) is 34.8 Å². The van der Waals surface area contributed by atoms with Gasteiger partial charge in [0, 0.05) is 12.5 Å². The zero-order chi connectivity index (χ0) is 16.4. The van der Waals surface area contributed by atoms with Gasteiger partial charge in [-0.3, -0.25) is 14.7 Å². The van der Waals surface area contributed by atoms with Crippen LogP contribution in [-0.4, -0.2) is 38.6 Å². The lowest BCUT2D eigenvalue weighted by molar-refractivity contribution is -0.137. The molecule has 3 rings (SSSR count). The van der Waals surface area contributed by atoms with Gasteiger partial charge in [0.1, 0.15) is 6.54 Å². The lowest BCUT2D eigenvalue weighted by Gasteiger charge is -2.20. The number of amides is 1. The van der Waals surface area contributed by atoms with Crippen molar-refractivity contribution in [2.45, 2.75) is 25.3 Å². The van der Waals surface area contributed by atoms with Crippen LogP contribution >= 0.6 is 15.9 Å². The minimum atomic E-state index is -1.05. The molecule has 1 aromatic carbocycles. The standard InChI is InChI=1S/C16H16BrN3O3/c17-13-14(11-6-7-11)18-19-15(13)16(23)20(9-12(21)22)8-10-4-2-1-3-5-10/h1-5,11H,6-9H2,(H,18,19)(H,21,22). The normalized spacial score (nSPS) is 13.8. The molecule has 1 fully saturated rings. The molecule has 120 valence electrons. The lowest BCUT2D eigenvalue weighted by atomic mass is 10.2. The quantitative estimate of drug-likeness (QED) is 0.810. The topological polar surface area (TPSA) is 86.3 Å². The predicted octanol–water partition coefficient (Wildman–Crippen LogP) is 2.78. The number of carboxylic acids is 1. The monoisotopic (exact) mass is 377 g/mol. The van der Waals surface area contributed by atoms with Crippen LogP contribution in [0.4, 0.5) is 0 Å². The second-order valence-electron chi connectivity index (χ2n) is 5.61. The summed E-state index contributed by atoms with van der Waals surface area (Å²) in [7, 11) is 0. The van der Waals surface area contributed by atoms with Crippen molar-refractivity contribution in [3.05, 3.63) is 51.8 Å². The summed E-state index contributed by atoms with van der Waals surface area (Å²) < 4.78 is 0.647. The number of nitrogens with one attached hydrogen (secondary N) is 1. The van der Waals surface area contributed by atoms with Crippen LogP contribution in [0.5, 0.6) is 0 Å². The predicted molar refractivity (Wildman–Crippen MR) is 87.1 cm³/mol. The van der Waals surface area contributed by atoms with E-state index in [0.717, 1.165) is 24.1 Å². The molecule has 1 aliphatic rings. The molecule has 0 aliphatic heterocycles. The third-order valence-corrected chi connectivity index (χ3v) is 4.55. The van der Waals surface area contributed by atoms with Crippen LogP contribution < -0.4 is 0 Å². The number of hydrogen-bond donors (Lipinski definition) is 2. The zero-order valence-corrected chi connectivity index (χ0v) is 13.9. The number of carbonyl (C=O) groups is 2. The first-order valence-electron chi connectivity index (χ1n) is 7.35. The molecule has 1 aromatic heterocycles. The smallest absolute Gasteiger partial charge is 0.323 e. The van der Waals surface area contributed by atoms with E-state index in [0.29, 0.717) is 10.4 Å². The average molecular weight is 378 g/mol. The van der Waals surface area contributed by atoms with Gasteiger partial charge in [0.15, 0.2) is 5.69 Å². The van der Waals surface area contributed by atoms with Gasteiger partial charge in [-0.25, -0.2) is 0 Å². The lowest BCUT2D eigenvalue weighted by Crippen LogP contribution is -2.35. The Balaban J connectivity index is 1.83. The Bertz CT molecular complexity index is 725. The summed E-state index contributed by atoms with van der Waals surface area (Å²) in [4.78, 5) is 25.1. The number of halogens is 1. The van der Waals surface area contributed by atoms with Crippen molar-refractivity contribution >= 4 is 27.8 Å². The van der Waals surface area contributed by atoms with E-state index in [1.807, 2.05) is 30.3 Å². The molecule has 6 nitrogen and oxygen atoms in total. The number of carbonyl (C=O) groups excluding carboxylic acids is 1. The Kier molecular flexibility index (Phi) is 4.47. The summed E-state index contributed by atoms with van der Waals surface area (Å²) in [6, 6.07) is 9.30. The first-order valence-corrected chi connectivity index (χ1v) is 8.14. The highest BCUT2D eigenvalue weighted by Crippen LogP contribution is 2.43. The Morgan fingerprint density at radius 2 is 2.00 bits per heavy atom. The van der Waals surface area contributed by atoms with E-state index in [-0.39, 0.29) is 18.8 Å². The molecule has 23 heavy (non-hydrogen) atoms. The number of rotatable bonds is 6. The van der Waals surface area contributed by atoms with Gasteiger partial charge in [-0.15, -0.1) is 0 Å². The largest absolute Gasteiger partial charge is 0.480 e. The summed E-state index contributed by atoms with van der Waals surface area (Å²) in [6.07, 6.45) is 2.16. The Hall–Kier alpha value is -2.15. The maximum Gasteiger partial charge on any atom is 0.323 e. The SMILES string of the molecule is O=C(O)CN(Cc1ccccc1)C(=O)c1n[nH]c(C2CC2)c1Br. The summed E-state index contributed by atoms with van der Waals surface area (Å²) in [5.74, 6) is -1.03. The Morgan fingerprint density at radius 3 is 2.61 bits per heavy atom. The Morgan fingerprint density at radius 1 is 1.30 bits per heavy atom. The van der Waals surface area contributed by atoms with Gasteiger partial charge in [-0.2, -0.15) is 5.10 Å². The van der Waals surface area contributed by atoms with Crippen LogP contribution in [0, 0.1) is 0 Å². The van der Waals surface area contributed by atoms with E-state index in [9.17, 15) is 9.59 Å². The van der Waals surface area contributed by atoms with Crippen LogP contribution in [0.2, 0.25) is 0 Å². The van der Waals surface area contributed by atoms with E-state index in [2.05, 4.69) is 26.1 Å². The number of hydrogen-bond acceptors (Lipinski definition) is 3. The Labute approximate surface area is 141 Å². The molecule has 2 aromatic rings. The molecule has 1 aliphatic carbocycles. The number of aromatic nitrogens is 2. The molecular formula is C16H16BrN3O3. The minimum Gasteiger partial charge on any atom is -0.480 e. The highest BCUT2D eigenvalue weighted by molar-refractivity contribution is 9.10. The maximum atomic E-state index is 12.7. The van der Waals surface area contributed by atoms with Gasteiger partial charge in [-0.1, -0.05) is 30.3 Å². The fourth-order valence-electron chi connectivity index (χ4n) is 2.44. The molecule has 0 unspecified atom stereocenters. The van der Waals surface area contributed by atoms with Crippen molar-refractivity contribution in [1.29, 1.82) is 0 Å². The third-order valence-electron chi connectivity index (χ3n) is 3.75. The van der Waals surface area contributed by atoms with Crippen LogP contribution in [0.25, 0.3) is 0 Å². The maximum absolute atomic E-state index is 12.7. The fraction of sp³-hybridized carbons (Fsp3) is 0.312. The zero-order valence-electron chi connectivity index (χ0n) is 12.3. The van der Waals surface area contributed by atoms with Gasteiger partial charge in [-0.05, 0) is 34.3 Å². The minimum absolute atomic E-state index is 0.226. The van der Waals surface area contributed by atoms with E-state index in [1.165, 1.54) is 4.90 Å². The van der Waals surface area contributed by atoms with Gasteiger partial charge in [0.05, 0.1) is 10.2 Å². The van der Waals surface area contributed by atoms with Crippen molar-refractivity contribution < 1.29 is 14.7 Å². The van der Waals surface area contributed by atoms with Crippen LogP contribution in [-0.2, 0) is 11.3 Å². The van der Waals surface area contributed by atoms with Gasteiger partial charge < -0.3 is 10.0 Å². The van der Waals surface area contributed by atoms with E-state index in [1.54, 1.807) is 0 Å². The highest BCUT2D eigenvalue weighted by atomic mass is 79.9. The van der Waals surface area contributed by atoms with Gasteiger partial charge in [0.2, 0.25) is 0 Å². The molecule has 1 amide bonds. The van der Waals surface area contributed by atoms with Crippen molar-refractivity contribution in [2.24, 2.45) is 0 Å². The average Bonchev–Trinajstić information content (AvgIpc) is 3.29. The highest BCUT2D eigenvalue weighted by Gasteiger charge is 2.32. The first-order chi connectivity index (χ1) is 11.1. The summed E-state index contributed by atoms with van der Waals surface area (Å²) in [5.41, 5.74) is 2.03. The number of carboxylic acid groups (broad SMARTS) is 1. The molecule has 1 saturated carbocycles. The molecule has 0 spiro atoms. The molecule has 0 saturated heterocycles. The van der Waals surface area contributed by atoms with Crippen LogP contribution in [0.3, 0.4) is 0 Å². The van der Waals surface area contributed by atoms with E-state index >= 15 is 0 Å². The first kappa shape index (κ1) is 15.7. The molecule has 0 atom stereocenters. The van der Waals surface area contributed by atoms with Gasteiger partial charge >= 0.3 is 5.97 Å². The van der Waals surface area contributed by atoms with Crippen molar-refractivity contribution in [3.8, 4) is 0 Å². The van der Waals surface area contributed by atoms with Crippen molar-refractivity contribution in [2.75, 3.05) is 6.54 Å². The molecule has 7 heteroatoms. The van der Waals surface area contributed by atoms with Gasteiger partial charge in [0.25, 0.3) is 5.91 Å². The van der Waals surface area contributed by atoms with Crippen molar-refractivity contribution in [1.82, 2.24) is 15.1 Å².